The molecule has 0 saturated carbocycles. The number of allylic oxidation sites excluding steroid dienone is 1. The van der Waals surface area contributed by atoms with Crippen LogP contribution in [-0.2, 0) is 10.0 Å². The van der Waals surface area contributed by atoms with Gasteiger partial charge < -0.3 is 4.90 Å². The number of anilines is 1. The molecule has 1 fully saturated rings. The summed E-state index contributed by atoms with van der Waals surface area (Å²) in [6.07, 6.45) is 7.54. The Balaban J connectivity index is 1.60. The molecule has 1 aliphatic rings. The highest BCUT2D eigenvalue weighted by molar-refractivity contribution is 7.99. The van der Waals surface area contributed by atoms with Crippen molar-refractivity contribution >= 4 is 55.9 Å². The SMILES string of the molecule is O=C(/C=C/c1cn(S(=O)(=O)c2ccc([N+](=O)[O-])cc2)c2ccc(N3CCSCC3)cc12)c1cccnc1. The number of nitrogens with zero attached hydrogens (tertiary/aromatic N) is 4. The molecule has 3 heterocycles. The minimum Gasteiger partial charge on any atom is -0.370 e. The van der Waals surface area contributed by atoms with Crippen molar-refractivity contribution in [3.8, 4) is 0 Å². The summed E-state index contributed by atoms with van der Waals surface area (Å²) < 4.78 is 28.3. The van der Waals surface area contributed by atoms with Gasteiger partial charge in [0.15, 0.2) is 5.78 Å². The van der Waals surface area contributed by atoms with Crippen LogP contribution in [0.25, 0.3) is 17.0 Å². The van der Waals surface area contributed by atoms with Crippen LogP contribution in [0, 0.1) is 10.1 Å². The largest absolute Gasteiger partial charge is 0.370 e. The van der Waals surface area contributed by atoms with E-state index in [0.29, 0.717) is 22.0 Å². The summed E-state index contributed by atoms with van der Waals surface area (Å²) in [6.45, 7) is 1.78. The number of thioether (sulfide) groups is 1. The molecule has 0 spiro atoms. The van der Waals surface area contributed by atoms with Gasteiger partial charge in [0.2, 0.25) is 0 Å². The fourth-order valence-electron chi connectivity index (χ4n) is 4.19. The van der Waals surface area contributed by atoms with Gasteiger partial charge in [-0.1, -0.05) is 0 Å². The number of nitro benzene ring substituents is 1. The molecule has 0 radical (unpaired) electrons. The van der Waals surface area contributed by atoms with Crippen LogP contribution in [-0.4, -0.2) is 52.7 Å². The van der Waals surface area contributed by atoms with Crippen LogP contribution < -0.4 is 4.90 Å². The molecule has 188 valence electrons. The third-order valence-electron chi connectivity index (χ3n) is 6.13. The van der Waals surface area contributed by atoms with Gasteiger partial charge in [-0.05, 0) is 54.6 Å². The van der Waals surface area contributed by atoms with Crippen molar-refractivity contribution < 1.29 is 18.1 Å². The van der Waals surface area contributed by atoms with Gasteiger partial charge in [-0.3, -0.25) is 19.9 Å². The summed E-state index contributed by atoms with van der Waals surface area (Å²) in [5.74, 6) is 1.77. The topological polar surface area (TPSA) is 115 Å². The van der Waals surface area contributed by atoms with Gasteiger partial charge in [-0.15, -0.1) is 0 Å². The second kappa shape index (κ2) is 10.2. The lowest BCUT2D eigenvalue weighted by Crippen LogP contribution is -2.32. The number of ketones is 1. The summed E-state index contributed by atoms with van der Waals surface area (Å²) in [6, 6.07) is 13.7. The Kier molecular flexibility index (Phi) is 6.81. The van der Waals surface area contributed by atoms with Crippen molar-refractivity contribution in [3.63, 3.8) is 0 Å². The van der Waals surface area contributed by atoms with Crippen LogP contribution in [0.5, 0.6) is 0 Å². The summed E-state index contributed by atoms with van der Waals surface area (Å²) in [5.41, 5.74) is 2.21. The number of nitro groups is 1. The average molecular weight is 535 g/mol. The molecule has 9 nitrogen and oxygen atoms in total. The first-order valence-corrected chi connectivity index (χ1v) is 14.0. The molecular formula is C26H22N4O5S2. The van der Waals surface area contributed by atoms with Crippen LogP contribution in [0.1, 0.15) is 15.9 Å². The highest BCUT2D eigenvalue weighted by Crippen LogP contribution is 2.32. The van der Waals surface area contributed by atoms with E-state index in [0.717, 1.165) is 34.3 Å². The summed E-state index contributed by atoms with van der Waals surface area (Å²) in [4.78, 5) is 29.2. The molecule has 11 heteroatoms. The first kappa shape index (κ1) is 24.7. The molecular weight excluding hydrogens is 512 g/mol. The first-order valence-electron chi connectivity index (χ1n) is 11.4. The molecule has 1 aliphatic heterocycles. The monoisotopic (exact) mass is 534 g/mol. The Morgan fingerprint density at radius 2 is 1.84 bits per heavy atom. The number of hydrogen-bond acceptors (Lipinski definition) is 8. The molecule has 1 saturated heterocycles. The predicted octanol–water partition coefficient (Wildman–Crippen LogP) is 4.63. The number of non-ortho nitro benzene ring substituents is 1. The lowest BCUT2D eigenvalue weighted by molar-refractivity contribution is -0.384. The van der Waals surface area contributed by atoms with Crippen molar-refractivity contribution in [3.05, 3.63) is 101 Å². The third kappa shape index (κ3) is 5.00. The molecule has 0 amide bonds. The molecule has 0 atom stereocenters. The van der Waals surface area contributed by atoms with E-state index in [1.165, 1.54) is 42.7 Å². The molecule has 2 aromatic carbocycles. The van der Waals surface area contributed by atoms with Crippen LogP contribution >= 0.6 is 11.8 Å². The van der Waals surface area contributed by atoms with E-state index >= 15 is 0 Å². The lowest BCUT2D eigenvalue weighted by Gasteiger charge is -2.28. The standard InChI is InChI=1S/C26H22N4O5S2/c31-26(19-2-1-11-27-17-19)10-3-20-18-29(37(34,35)23-7-4-21(5-8-23)30(32)33)25-9-6-22(16-24(20)25)28-12-14-36-15-13-28/h1-11,16-18H,12-15H2/b10-3+. The van der Waals surface area contributed by atoms with E-state index in [4.69, 9.17) is 0 Å². The maximum absolute atomic E-state index is 13.6. The lowest BCUT2D eigenvalue weighted by atomic mass is 10.1. The zero-order valence-corrected chi connectivity index (χ0v) is 21.2. The number of pyridine rings is 1. The van der Waals surface area contributed by atoms with Gasteiger partial charge in [-0.2, -0.15) is 11.8 Å². The number of aromatic nitrogens is 2. The zero-order chi connectivity index (χ0) is 26.0. The molecule has 4 aromatic rings. The number of carbonyl (C=O) groups excluding carboxylic acids is 1. The molecule has 5 rings (SSSR count). The van der Waals surface area contributed by atoms with Gasteiger partial charge in [0.25, 0.3) is 15.7 Å². The highest BCUT2D eigenvalue weighted by atomic mass is 32.2. The maximum atomic E-state index is 13.6. The molecule has 0 N–H and O–H groups in total. The fraction of sp³-hybridized carbons (Fsp3) is 0.154. The smallest absolute Gasteiger partial charge is 0.269 e. The summed E-state index contributed by atoms with van der Waals surface area (Å²) >= 11 is 1.90. The van der Waals surface area contributed by atoms with Crippen LogP contribution in [0.15, 0.2) is 84.2 Å². The second-order valence-electron chi connectivity index (χ2n) is 8.38. The molecule has 37 heavy (non-hydrogen) atoms. The van der Waals surface area contributed by atoms with E-state index in [-0.39, 0.29) is 16.4 Å². The normalized spacial score (nSPS) is 14.3. The number of rotatable bonds is 7. The van der Waals surface area contributed by atoms with Gasteiger partial charge in [0.05, 0.1) is 15.3 Å². The Labute approximate surface area is 217 Å². The minimum atomic E-state index is -4.07. The van der Waals surface area contributed by atoms with E-state index in [1.54, 1.807) is 30.5 Å². The average Bonchev–Trinajstić information content (AvgIpc) is 3.31. The zero-order valence-electron chi connectivity index (χ0n) is 19.6. The number of carbonyl (C=O) groups is 1. The van der Waals surface area contributed by atoms with Gasteiger partial charge in [0, 0.05) is 77.5 Å². The van der Waals surface area contributed by atoms with Crippen molar-refractivity contribution in [1.29, 1.82) is 0 Å². The number of benzene rings is 2. The third-order valence-corrected chi connectivity index (χ3v) is 8.76. The van der Waals surface area contributed by atoms with Crippen molar-refractivity contribution in [2.75, 3.05) is 29.5 Å². The van der Waals surface area contributed by atoms with Crippen LogP contribution in [0.3, 0.4) is 0 Å². The van der Waals surface area contributed by atoms with Gasteiger partial charge in [0.1, 0.15) is 0 Å². The molecule has 2 aromatic heterocycles. The van der Waals surface area contributed by atoms with E-state index in [1.807, 2.05) is 23.9 Å². The number of hydrogen-bond donors (Lipinski definition) is 0. The van der Waals surface area contributed by atoms with Crippen molar-refractivity contribution in [1.82, 2.24) is 8.96 Å². The summed E-state index contributed by atoms with van der Waals surface area (Å²) in [5, 5.41) is 11.7. The van der Waals surface area contributed by atoms with E-state index in [2.05, 4.69) is 9.88 Å². The first-order chi connectivity index (χ1) is 17.8. The molecule has 0 aliphatic carbocycles. The van der Waals surface area contributed by atoms with Gasteiger partial charge in [-0.25, -0.2) is 12.4 Å². The fourth-order valence-corrected chi connectivity index (χ4v) is 6.47. The van der Waals surface area contributed by atoms with E-state index < -0.39 is 14.9 Å². The minimum absolute atomic E-state index is 0.0749. The van der Waals surface area contributed by atoms with Crippen molar-refractivity contribution in [2.45, 2.75) is 4.90 Å². The Bertz CT molecular complexity index is 1610. The molecule has 0 unspecified atom stereocenters. The number of fused-ring (bicyclic) bond motifs is 1. The quantitative estimate of drug-likeness (QED) is 0.146. The highest BCUT2D eigenvalue weighted by Gasteiger charge is 2.23. The van der Waals surface area contributed by atoms with E-state index in [9.17, 15) is 23.3 Å². The molecule has 0 bridgehead atoms. The Hall–Kier alpha value is -3.96. The Morgan fingerprint density at radius 3 is 2.51 bits per heavy atom. The van der Waals surface area contributed by atoms with Gasteiger partial charge >= 0.3 is 0 Å². The second-order valence-corrected chi connectivity index (χ2v) is 11.4. The van der Waals surface area contributed by atoms with Crippen molar-refractivity contribution in [2.24, 2.45) is 0 Å². The van der Waals surface area contributed by atoms with Crippen LogP contribution in [0.4, 0.5) is 11.4 Å². The Morgan fingerprint density at radius 1 is 1.08 bits per heavy atom. The maximum Gasteiger partial charge on any atom is 0.269 e. The van der Waals surface area contributed by atoms with Crippen LogP contribution in [0.2, 0.25) is 0 Å². The predicted molar refractivity (Wildman–Crippen MR) is 145 cm³/mol. The summed E-state index contributed by atoms with van der Waals surface area (Å²) in [7, 11) is -4.07.